The van der Waals surface area contributed by atoms with Crippen molar-refractivity contribution in [3.63, 3.8) is 0 Å². The van der Waals surface area contributed by atoms with Gasteiger partial charge < -0.3 is 19.3 Å². The Morgan fingerprint density at radius 2 is 1.95 bits per heavy atom. The van der Waals surface area contributed by atoms with E-state index >= 15 is 0 Å². The monoisotopic (exact) mass is 785 g/mol. The number of cyclic esters (lactones) is 1. The van der Waals surface area contributed by atoms with Crippen LogP contribution in [0.25, 0.3) is 0 Å². The van der Waals surface area contributed by atoms with Gasteiger partial charge in [-0.05, 0) is 123 Å². The van der Waals surface area contributed by atoms with Crippen molar-refractivity contribution in [2.24, 2.45) is 46.8 Å². The van der Waals surface area contributed by atoms with E-state index < -0.39 is 6.10 Å². The number of carbonyl (C=O) groups is 1. The molecule has 8 aliphatic rings. The van der Waals surface area contributed by atoms with Gasteiger partial charge in [-0.3, -0.25) is 4.90 Å². The fourth-order valence-electron chi connectivity index (χ4n) is 13.2. The third-order valence-corrected chi connectivity index (χ3v) is 18.1. The van der Waals surface area contributed by atoms with E-state index in [1.807, 2.05) is 10.8 Å². The number of unbranched alkanes of at least 4 members (excludes halogenated alkanes) is 2. The Labute approximate surface area is 337 Å². The van der Waals surface area contributed by atoms with E-state index in [1.54, 1.807) is 19.6 Å². The Kier molecular flexibility index (Phi) is 10.9. The maximum absolute atomic E-state index is 13.2. The molecular weight excluding hydrogens is 723 g/mol. The summed E-state index contributed by atoms with van der Waals surface area (Å²) in [5, 5.41) is 13.2. The first-order valence-corrected chi connectivity index (χ1v) is 24.3. The molecule has 6 nitrogen and oxygen atoms in total. The number of nitrogens with zero attached hydrogens (tertiary/aromatic N) is 1. The van der Waals surface area contributed by atoms with Crippen LogP contribution in [0.15, 0.2) is 70.6 Å². The zero-order valence-electron chi connectivity index (χ0n) is 33.8. The molecule has 3 bridgehead atoms. The highest BCUT2D eigenvalue weighted by Gasteiger charge is 2.64. The van der Waals surface area contributed by atoms with Crippen molar-refractivity contribution in [2.45, 2.75) is 129 Å². The summed E-state index contributed by atoms with van der Waals surface area (Å²) in [6, 6.07) is 10.1. The first-order valence-electron chi connectivity index (χ1n) is 21.8. The van der Waals surface area contributed by atoms with Crippen LogP contribution in [-0.4, -0.2) is 59.3 Å². The molecule has 9 rings (SSSR count). The molecule has 0 aromatic heterocycles. The lowest BCUT2D eigenvalue weighted by Crippen LogP contribution is -2.62. The van der Waals surface area contributed by atoms with Crippen LogP contribution in [0, 0.1) is 46.8 Å². The number of aliphatic hydroxyl groups excluding tert-OH is 1. The number of allylic oxidation sites excluding steroid dienone is 2. The highest BCUT2D eigenvalue weighted by atomic mass is 33.1. The third kappa shape index (κ3) is 6.69. The Hall–Kier alpha value is -2.13. The number of aliphatic hydroxyl groups is 1. The number of piperidine rings is 1. The van der Waals surface area contributed by atoms with E-state index in [-0.39, 0.29) is 41.2 Å². The lowest BCUT2D eigenvalue weighted by molar-refractivity contribution is -0.133. The van der Waals surface area contributed by atoms with Gasteiger partial charge in [-0.1, -0.05) is 91.1 Å². The van der Waals surface area contributed by atoms with Crippen molar-refractivity contribution in [1.29, 1.82) is 0 Å². The molecule has 2 saturated carbocycles. The molecule has 3 saturated heterocycles. The summed E-state index contributed by atoms with van der Waals surface area (Å²) in [6.07, 6.45) is 18.7. The zero-order chi connectivity index (χ0) is 38.0. The number of hydrogen-bond acceptors (Lipinski definition) is 8. The van der Waals surface area contributed by atoms with E-state index in [0.29, 0.717) is 40.8 Å². The number of methoxy groups -OCH3 is 1. The Bertz CT molecular complexity index is 1780. The molecule has 1 aromatic rings. The van der Waals surface area contributed by atoms with Gasteiger partial charge >= 0.3 is 5.97 Å². The van der Waals surface area contributed by atoms with Crippen molar-refractivity contribution in [3.05, 3.63) is 81.7 Å². The van der Waals surface area contributed by atoms with Crippen molar-refractivity contribution in [3.8, 4) is 0 Å². The molecule has 1 spiro atoms. The van der Waals surface area contributed by atoms with Crippen LogP contribution in [0.4, 0.5) is 0 Å². The van der Waals surface area contributed by atoms with Gasteiger partial charge in [0.1, 0.15) is 5.76 Å². The van der Waals surface area contributed by atoms with Gasteiger partial charge in [-0.25, -0.2) is 4.79 Å². The van der Waals surface area contributed by atoms with Crippen molar-refractivity contribution < 1.29 is 24.1 Å². The second-order valence-corrected chi connectivity index (χ2v) is 21.3. The van der Waals surface area contributed by atoms with Crippen LogP contribution >= 0.6 is 21.6 Å². The highest BCUT2D eigenvalue weighted by molar-refractivity contribution is 8.76. The molecule has 5 fully saturated rings. The van der Waals surface area contributed by atoms with Gasteiger partial charge in [0.05, 0.1) is 18.8 Å². The topological polar surface area (TPSA) is 68.2 Å². The molecule has 0 amide bonds. The number of benzene rings is 1. The van der Waals surface area contributed by atoms with E-state index in [9.17, 15) is 9.90 Å². The van der Waals surface area contributed by atoms with Gasteiger partial charge in [-0.2, -0.15) is 0 Å². The predicted molar refractivity (Wildman–Crippen MR) is 223 cm³/mol. The van der Waals surface area contributed by atoms with Gasteiger partial charge in [0.25, 0.3) is 0 Å². The predicted octanol–water partition coefficient (Wildman–Crippen LogP) is 10.4. The molecule has 12 atom stereocenters. The number of rotatable bonds is 6. The lowest BCUT2D eigenvalue weighted by Gasteiger charge is -2.54. The average Bonchev–Trinajstić information content (AvgIpc) is 3.87. The maximum atomic E-state index is 13.2. The fraction of sp³-hybridized carbons (Fsp3) is 0.681. The molecule has 1 N–H and O–H groups in total. The Morgan fingerprint density at radius 3 is 2.78 bits per heavy atom. The minimum atomic E-state index is -0.414. The van der Waals surface area contributed by atoms with Crippen LogP contribution in [0.3, 0.4) is 0 Å². The van der Waals surface area contributed by atoms with E-state index in [1.165, 1.54) is 61.8 Å². The van der Waals surface area contributed by atoms with Crippen LogP contribution in [0.1, 0.15) is 115 Å². The molecule has 55 heavy (non-hydrogen) atoms. The second kappa shape index (κ2) is 15.6. The number of esters is 1. The molecule has 0 radical (unpaired) electrons. The number of carbonyl (C=O) groups excluding carboxylic acids is 1. The standard InChI is InChI=1S/C47H63NO5S2/c1-6-7-8-11-30-12-9-13-32(21-30)40-35-22-37-39-28(3)44(45-43(51-5)29(4)46(50)53-45)52-38(39)14-10-19-48(37)41-36(35)24-47(40)18-17-31(23-47)25-54-55-26-33-16-15-27(2)20-34(33)42(41)49/h9,12-14,16,21,27-28,31,34-37,39-42,49H,6-8,10-11,15,17-20,22-26H2,1-5H3. The molecular formula is C47H63NO5S2. The zero-order valence-corrected chi connectivity index (χ0v) is 35.4. The molecule has 298 valence electrons. The first-order chi connectivity index (χ1) is 26.7. The molecule has 5 heterocycles. The molecule has 3 aliphatic carbocycles. The van der Waals surface area contributed by atoms with Crippen LogP contribution in [0.2, 0.25) is 0 Å². The number of fused-ring (bicyclic) bond motifs is 6. The van der Waals surface area contributed by atoms with Gasteiger partial charge in [0.15, 0.2) is 11.5 Å². The number of hydrogen-bond donors (Lipinski definition) is 1. The fourth-order valence-corrected chi connectivity index (χ4v) is 15.9. The maximum Gasteiger partial charge on any atom is 0.343 e. The normalized spacial score (nSPS) is 41.4. The molecule has 1 aromatic carbocycles. The quantitative estimate of drug-likeness (QED) is 0.132. The SMILES string of the molecule is CCCCCc1cccc(C2C3CC4C5C(=CCCN4C4C(O)C6CC(C)CC=C6CSSCC6CCC2(C6)CC34)OC(=C2OC(=O)C(C)=C2OC)C5C)c1. The summed E-state index contributed by atoms with van der Waals surface area (Å²) in [4.78, 5) is 15.6. The highest BCUT2D eigenvalue weighted by Crippen LogP contribution is 2.69. The average molecular weight is 786 g/mol. The number of aryl methyl sites for hydroxylation is 1. The lowest BCUT2D eigenvalue weighted by atomic mass is 9.65. The van der Waals surface area contributed by atoms with Gasteiger partial charge in [0, 0.05) is 47.9 Å². The minimum absolute atomic E-state index is 0.000732. The van der Waals surface area contributed by atoms with E-state index in [0.717, 1.165) is 61.8 Å². The van der Waals surface area contributed by atoms with Gasteiger partial charge in [-0.15, -0.1) is 0 Å². The van der Waals surface area contributed by atoms with Crippen molar-refractivity contribution in [2.75, 3.05) is 25.2 Å². The first kappa shape index (κ1) is 38.4. The van der Waals surface area contributed by atoms with Crippen LogP contribution in [0.5, 0.6) is 0 Å². The van der Waals surface area contributed by atoms with Crippen molar-refractivity contribution >= 4 is 27.6 Å². The van der Waals surface area contributed by atoms with Crippen LogP contribution < -0.4 is 0 Å². The summed E-state index contributed by atoms with van der Waals surface area (Å²) in [6.45, 7) is 9.66. The molecule has 12 unspecified atom stereocenters. The van der Waals surface area contributed by atoms with E-state index in [2.05, 4.69) is 72.9 Å². The second-order valence-electron chi connectivity index (χ2n) is 18.8. The smallest absolute Gasteiger partial charge is 0.343 e. The van der Waals surface area contributed by atoms with Gasteiger partial charge in [0.2, 0.25) is 5.76 Å². The number of ether oxygens (including phenoxy) is 3. The minimum Gasteiger partial charge on any atom is -0.492 e. The summed E-state index contributed by atoms with van der Waals surface area (Å²) in [5.41, 5.74) is 5.31. The van der Waals surface area contributed by atoms with Crippen LogP contribution in [-0.2, 0) is 25.4 Å². The van der Waals surface area contributed by atoms with Crippen molar-refractivity contribution in [1.82, 2.24) is 4.90 Å². The van der Waals surface area contributed by atoms with E-state index in [4.69, 9.17) is 14.2 Å². The Morgan fingerprint density at radius 1 is 1.07 bits per heavy atom. The molecule has 8 heteroatoms. The largest absolute Gasteiger partial charge is 0.492 e. The molecule has 5 aliphatic heterocycles. The summed E-state index contributed by atoms with van der Waals surface area (Å²) >= 11 is 0. The summed E-state index contributed by atoms with van der Waals surface area (Å²) < 4.78 is 18.5. The summed E-state index contributed by atoms with van der Waals surface area (Å²) in [5.74, 6) is 7.64. The Balaban J connectivity index is 1.17. The summed E-state index contributed by atoms with van der Waals surface area (Å²) in [7, 11) is 5.77. The third-order valence-electron chi connectivity index (χ3n) is 15.6.